The molecule has 2 N–H and O–H groups in total. The first-order valence-electron chi connectivity index (χ1n) is 5.97. The lowest BCUT2D eigenvalue weighted by atomic mass is 10.0. The molecular formula is C13H17FN2O. The number of amides is 1. The second-order valence-corrected chi connectivity index (χ2v) is 4.48. The zero-order valence-corrected chi connectivity index (χ0v) is 9.92. The Kier molecular flexibility index (Phi) is 3.74. The molecule has 1 atom stereocenters. The van der Waals surface area contributed by atoms with Crippen LogP contribution in [0, 0.1) is 12.7 Å². The molecule has 1 amide bonds. The summed E-state index contributed by atoms with van der Waals surface area (Å²) in [6, 6.07) is 4.62. The number of carbonyl (C=O) groups is 1. The summed E-state index contributed by atoms with van der Waals surface area (Å²) in [7, 11) is 0. The predicted octanol–water partition coefficient (Wildman–Crippen LogP) is 2.21. The summed E-state index contributed by atoms with van der Waals surface area (Å²) in [5, 5.41) is 5.77. The minimum atomic E-state index is -0.380. The fourth-order valence-corrected chi connectivity index (χ4v) is 2.02. The zero-order valence-electron chi connectivity index (χ0n) is 9.92. The van der Waals surface area contributed by atoms with E-state index in [1.54, 1.807) is 12.1 Å². The molecule has 1 aromatic rings. The summed E-state index contributed by atoms with van der Waals surface area (Å²) in [6.07, 6.45) is 2.96. The molecule has 0 spiro atoms. The number of halogens is 1. The highest BCUT2D eigenvalue weighted by atomic mass is 19.1. The minimum absolute atomic E-state index is 0.146. The number of hydrogen-bond donors (Lipinski definition) is 2. The Morgan fingerprint density at radius 1 is 1.47 bits per heavy atom. The van der Waals surface area contributed by atoms with Crippen LogP contribution in [0.15, 0.2) is 18.2 Å². The molecule has 92 valence electrons. The quantitative estimate of drug-likeness (QED) is 0.826. The van der Waals surface area contributed by atoms with Crippen molar-refractivity contribution < 1.29 is 9.18 Å². The van der Waals surface area contributed by atoms with E-state index in [-0.39, 0.29) is 23.5 Å². The first-order chi connectivity index (χ1) is 8.16. The van der Waals surface area contributed by atoms with Crippen LogP contribution in [0.3, 0.4) is 0 Å². The van der Waals surface area contributed by atoms with Gasteiger partial charge in [-0.05, 0) is 44.0 Å². The number of aryl methyl sites for hydroxylation is 1. The Morgan fingerprint density at radius 3 is 2.94 bits per heavy atom. The largest absolute Gasteiger partial charge is 0.322 e. The molecule has 1 saturated heterocycles. The van der Waals surface area contributed by atoms with Crippen molar-refractivity contribution in [2.24, 2.45) is 0 Å². The molecule has 0 unspecified atom stereocenters. The summed E-state index contributed by atoms with van der Waals surface area (Å²) in [4.78, 5) is 11.9. The van der Waals surface area contributed by atoms with Crippen molar-refractivity contribution in [3.63, 3.8) is 0 Å². The molecule has 0 radical (unpaired) electrons. The minimum Gasteiger partial charge on any atom is -0.322 e. The van der Waals surface area contributed by atoms with E-state index >= 15 is 0 Å². The lowest BCUT2D eigenvalue weighted by Crippen LogP contribution is -2.43. The van der Waals surface area contributed by atoms with Gasteiger partial charge in [-0.3, -0.25) is 4.79 Å². The fraction of sp³-hybridized carbons (Fsp3) is 0.462. The Bertz CT molecular complexity index is 414. The third-order valence-electron chi connectivity index (χ3n) is 3.01. The lowest BCUT2D eigenvalue weighted by molar-refractivity contribution is -0.118. The molecule has 4 heteroatoms. The third kappa shape index (κ3) is 3.03. The normalized spacial score (nSPS) is 20.0. The van der Waals surface area contributed by atoms with E-state index in [2.05, 4.69) is 10.6 Å². The van der Waals surface area contributed by atoms with Gasteiger partial charge in [0, 0.05) is 0 Å². The van der Waals surface area contributed by atoms with Gasteiger partial charge in [-0.15, -0.1) is 0 Å². The van der Waals surface area contributed by atoms with E-state index in [0.29, 0.717) is 0 Å². The summed E-state index contributed by atoms with van der Waals surface area (Å²) < 4.78 is 13.5. The van der Waals surface area contributed by atoms with Gasteiger partial charge in [0.15, 0.2) is 0 Å². The van der Waals surface area contributed by atoms with E-state index in [1.165, 1.54) is 6.07 Å². The summed E-state index contributed by atoms with van der Waals surface area (Å²) in [6.45, 7) is 2.67. The predicted molar refractivity (Wildman–Crippen MR) is 65.4 cm³/mol. The smallest absolute Gasteiger partial charge is 0.241 e. The van der Waals surface area contributed by atoms with Gasteiger partial charge >= 0.3 is 0 Å². The number of hydrogen-bond acceptors (Lipinski definition) is 2. The van der Waals surface area contributed by atoms with Crippen molar-refractivity contribution in [1.29, 1.82) is 0 Å². The maximum Gasteiger partial charge on any atom is 0.241 e. The van der Waals surface area contributed by atoms with E-state index in [9.17, 15) is 9.18 Å². The highest BCUT2D eigenvalue weighted by Gasteiger charge is 2.21. The first kappa shape index (κ1) is 12.0. The van der Waals surface area contributed by atoms with Crippen LogP contribution < -0.4 is 10.6 Å². The second-order valence-electron chi connectivity index (χ2n) is 4.48. The van der Waals surface area contributed by atoms with Gasteiger partial charge in [0.1, 0.15) is 5.82 Å². The lowest BCUT2D eigenvalue weighted by Gasteiger charge is -2.22. The van der Waals surface area contributed by atoms with Crippen LogP contribution in [0.1, 0.15) is 24.8 Å². The van der Waals surface area contributed by atoms with Gasteiger partial charge in [0.25, 0.3) is 0 Å². The average Bonchev–Trinajstić information content (AvgIpc) is 2.34. The van der Waals surface area contributed by atoms with Crippen molar-refractivity contribution in [3.8, 4) is 0 Å². The fourth-order valence-electron chi connectivity index (χ4n) is 2.02. The summed E-state index contributed by atoms with van der Waals surface area (Å²) in [5.74, 6) is -0.526. The monoisotopic (exact) mass is 236 g/mol. The summed E-state index contributed by atoms with van der Waals surface area (Å²) >= 11 is 0. The van der Waals surface area contributed by atoms with Gasteiger partial charge in [-0.1, -0.05) is 12.5 Å². The maximum absolute atomic E-state index is 13.5. The standard InChI is InChI=1S/C13H17FN2O/c1-9-5-6-11(10(14)8-9)16-13(17)12-4-2-3-7-15-12/h5-6,8,12,15H,2-4,7H2,1H3,(H,16,17)/t12-/m1/s1. The van der Waals surface area contributed by atoms with Gasteiger partial charge in [0.2, 0.25) is 5.91 Å². The zero-order chi connectivity index (χ0) is 12.3. The highest BCUT2D eigenvalue weighted by Crippen LogP contribution is 2.16. The third-order valence-corrected chi connectivity index (χ3v) is 3.01. The molecule has 0 saturated carbocycles. The number of rotatable bonds is 2. The Balaban J connectivity index is 2.02. The number of nitrogens with one attached hydrogen (secondary N) is 2. The number of piperidine rings is 1. The van der Waals surface area contributed by atoms with E-state index in [0.717, 1.165) is 31.4 Å². The molecule has 2 rings (SSSR count). The van der Waals surface area contributed by atoms with E-state index < -0.39 is 0 Å². The topological polar surface area (TPSA) is 41.1 Å². The SMILES string of the molecule is Cc1ccc(NC(=O)[C@H]2CCCCN2)c(F)c1. The Morgan fingerprint density at radius 2 is 2.29 bits per heavy atom. The van der Waals surface area contributed by atoms with Gasteiger partial charge in [-0.2, -0.15) is 0 Å². The van der Waals surface area contributed by atoms with Gasteiger partial charge in [0.05, 0.1) is 11.7 Å². The van der Waals surface area contributed by atoms with E-state index in [1.807, 2.05) is 6.92 Å². The van der Waals surface area contributed by atoms with Crippen molar-refractivity contribution in [3.05, 3.63) is 29.6 Å². The molecule has 1 heterocycles. The molecule has 1 aromatic carbocycles. The van der Waals surface area contributed by atoms with Crippen LogP contribution in [-0.2, 0) is 4.79 Å². The van der Waals surface area contributed by atoms with Crippen LogP contribution in [-0.4, -0.2) is 18.5 Å². The van der Waals surface area contributed by atoms with E-state index in [4.69, 9.17) is 0 Å². The average molecular weight is 236 g/mol. The molecule has 0 aromatic heterocycles. The number of carbonyl (C=O) groups excluding carboxylic acids is 1. The number of benzene rings is 1. The molecule has 0 bridgehead atoms. The van der Waals surface area contributed by atoms with Crippen LogP contribution in [0.25, 0.3) is 0 Å². The second kappa shape index (κ2) is 5.27. The molecule has 0 aliphatic carbocycles. The van der Waals surface area contributed by atoms with Gasteiger partial charge < -0.3 is 10.6 Å². The first-order valence-corrected chi connectivity index (χ1v) is 5.97. The molecule has 17 heavy (non-hydrogen) atoms. The van der Waals surface area contributed by atoms with Crippen molar-refractivity contribution in [2.45, 2.75) is 32.2 Å². The van der Waals surface area contributed by atoms with Crippen LogP contribution >= 0.6 is 0 Å². The molecular weight excluding hydrogens is 219 g/mol. The molecule has 3 nitrogen and oxygen atoms in total. The highest BCUT2D eigenvalue weighted by molar-refractivity contribution is 5.95. The van der Waals surface area contributed by atoms with Gasteiger partial charge in [-0.25, -0.2) is 4.39 Å². The van der Waals surface area contributed by atoms with Crippen LogP contribution in [0.5, 0.6) is 0 Å². The molecule has 1 fully saturated rings. The van der Waals surface area contributed by atoms with Crippen LogP contribution in [0.2, 0.25) is 0 Å². The van der Waals surface area contributed by atoms with Crippen molar-refractivity contribution >= 4 is 11.6 Å². The van der Waals surface area contributed by atoms with Crippen LogP contribution in [0.4, 0.5) is 10.1 Å². The molecule has 1 aliphatic heterocycles. The summed E-state index contributed by atoms with van der Waals surface area (Å²) in [5.41, 5.74) is 1.10. The maximum atomic E-state index is 13.5. The molecule has 1 aliphatic rings. The van der Waals surface area contributed by atoms with Crippen molar-refractivity contribution in [2.75, 3.05) is 11.9 Å². The number of anilines is 1. The Hall–Kier alpha value is -1.42. The Labute approximate surface area is 100 Å². The van der Waals surface area contributed by atoms with Crippen molar-refractivity contribution in [1.82, 2.24) is 5.32 Å².